The molecular weight excluding hydrogens is 390 g/mol. The Labute approximate surface area is 152 Å². The molecule has 1 aromatic carbocycles. The number of aryl methyl sites for hydroxylation is 2. The van der Waals surface area contributed by atoms with Gasteiger partial charge in [-0.25, -0.2) is 14.8 Å². The second-order valence-corrected chi connectivity index (χ2v) is 7.28. The predicted molar refractivity (Wildman–Crippen MR) is 100 cm³/mol. The summed E-state index contributed by atoms with van der Waals surface area (Å²) in [4.78, 5) is 21.9. The fourth-order valence-corrected chi connectivity index (χ4v) is 3.87. The van der Waals surface area contributed by atoms with E-state index in [4.69, 9.17) is 10.5 Å². The number of thiophene rings is 1. The number of hydrogen-bond acceptors (Lipinski definition) is 6. The summed E-state index contributed by atoms with van der Waals surface area (Å²) in [5.41, 5.74) is 9.76. The molecule has 3 rings (SSSR count). The molecule has 0 aliphatic carbocycles. The van der Waals surface area contributed by atoms with E-state index in [9.17, 15) is 4.79 Å². The van der Waals surface area contributed by atoms with E-state index in [0.717, 1.165) is 32.2 Å². The summed E-state index contributed by atoms with van der Waals surface area (Å²) in [6.45, 7) is 6.15. The molecule has 0 fully saturated rings. The van der Waals surface area contributed by atoms with Crippen LogP contribution >= 0.6 is 27.3 Å². The van der Waals surface area contributed by atoms with Gasteiger partial charge in [0.15, 0.2) is 0 Å². The molecular formula is C17H16BrN3O2S. The Morgan fingerprint density at radius 2 is 2.00 bits per heavy atom. The van der Waals surface area contributed by atoms with Crippen LogP contribution in [0.5, 0.6) is 0 Å². The number of benzene rings is 1. The van der Waals surface area contributed by atoms with Crippen molar-refractivity contribution in [1.82, 2.24) is 9.97 Å². The molecule has 0 saturated heterocycles. The Morgan fingerprint density at radius 1 is 1.25 bits per heavy atom. The van der Waals surface area contributed by atoms with Crippen molar-refractivity contribution in [2.75, 3.05) is 12.3 Å². The maximum atomic E-state index is 12.0. The van der Waals surface area contributed by atoms with Crippen molar-refractivity contribution >= 4 is 49.4 Å². The van der Waals surface area contributed by atoms with Gasteiger partial charge in [-0.05, 0) is 50.1 Å². The van der Waals surface area contributed by atoms with Gasteiger partial charge in [-0.3, -0.25) is 0 Å². The van der Waals surface area contributed by atoms with Gasteiger partial charge >= 0.3 is 5.97 Å². The molecule has 124 valence electrons. The Kier molecular flexibility index (Phi) is 4.56. The first kappa shape index (κ1) is 16.9. The molecule has 0 radical (unpaired) electrons. The van der Waals surface area contributed by atoms with Crippen LogP contribution in [0.1, 0.15) is 27.7 Å². The molecule has 0 amide bonds. The molecule has 2 heterocycles. The summed E-state index contributed by atoms with van der Waals surface area (Å²) < 4.78 is 6.12. The number of esters is 1. The third kappa shape index (κ3) is 3.01. The van der Waals surface area contributed by atoms with Gasteiger partial charge in [-0.2, -0.15) is 0 Å². The highest BCUT2D eigenvalue weighted by atomic mass is 79.9. The molecule has 0 bridgehead atoms. The van der Waals surface area contributed by atoms with Crippen LogP contribution in [0.2, 0.25) is 0 Å². The molecule has 3 aromatic rings. The van der Waals surface area contributed by atoms with E-state index in [1.54, 1.807) is 13.0 Å². The topological polar surface area (TPSA) is 78.1 Å². The maximum Gasteiger partial charge on any atom is 0.348 e. The highest BCUT2D eigenvalue weighted by Gasteiger charge is 2.18. The zero-order chi connectivity index (χ0) is 17.4. The van der Waals surface area contributed by atoms with Crippen molar-refractivity contribution in [1.29, 1.82) is 0 Å². The monoisotopic (exact) mass is 405 g/mol. The Balaban J connectivity index is 2.24. The van der Waals surface area contributed by atoms with E-state index < -0.39 is 0 Å². The number of nitrogen functional groups attached to an aromatic ring is 1. The van der Waals surface area contributed by atoms with Gasteiger partial charge in [0.1, 0.15) is 9.71 Å². The molecule has 7 heteroatoms. The van der Waals surface area contributed by atoms with E-state index in [-0.39, 0.29) is 11.9 Å². The SMILES string of the molecule is CCOC(=O)c1cc2c(-c3cc(C)c(Br)cc3C)nc(N)nc2s1. The van der Waals surface area contributed by atoms with E-state index in [1.807, 2.05) is 19.9 Å². The summed E-state index contributed by atoms with van der Waals surface area (Å²) in [5, 5.41) is 0.807. The molecule has 2 N–H and O–H groups in total. The quantitative estimate of drug-likeness (QED) is 0.649. The summed E-state index contributed by atoms with van der Waals surface area (Å²) in [6.07, 6.45) is 0. The summed E-state index contributed by atoms with van der Waals surface area (Å²) >= 11 is 4.81. The Bertz CT molecular complexity index is 953. The Morgan fingerprint density at radius 3 is 2.71 bits per heavy atom. The molecule has 0 atom stereocenters. The van der Waals surface area contributed by atoms with Crippen LogP contribution in [-0.2, 0) is 4.74 Å². The number of ether oxygens (including phenoxy) is 1. The molecule has 2 aromatic heterocycles. The van der Waals surface area contributed by atoms with Crippen molar-refractivity contribution in [3.63, 3.8) is 0 Å². The number of carbonyl (C=O) groups excluding carboxylic acids is 1. The lowest BCUT2D eigenvalue weighted by Gasteiger charge is -2.10. The van der Waals surface area contributed by atoms with Crippen LogP contribution in [0.15, 0.2) is 22.7 Å². The molecule has 0 saturated carbocycles. The molecule has 24 heavy (non-hydrogen) atoms. The van der Waals surface area contributed by atoms with Crippen LogP contribution in [0.3, 0.4) is 0 Å². The zero-order valence-corrected chi connectivity index (χ0v) is 15.9. The van der Waals surface area contributed by atoms with Crippen molar-refractivity contribution in [2.45, 2.75) is 20.8 Å². The molecule has 0 spiro atoms. The first-order valence-corrected chi connectivity index (χ1v) is 9.03. The second-order valence-electron chi connectivity index (χ2n) is 5.40. The lowest BCUT2D eigenvalue weighted by Crippen LogP contribution is -2.01. The minimum absolute atomic E-state index is 0.190. The summed E-state index contributed by atoms with van der Waals surface area (Å²) in [6, 6.07) is 5.89. The second kappa shape index (κ2) is 6.49. The van der Waals surface area contributed by atoms with Crippen LogP contribution in [-0.4, -0.2) is 22.5 Å². The standard InChI is InChI=1S/C17H16BrN3O2S/c1-4-23-16(22)13-7-11-14(20-17(19)21-15(11)24-13)10-5-9(3)12(18)6-8(10)2/h5-7H,4H2,1-3H3,(H2,19,20,21). The fraction of sp³-hybridized carbons (Fsp3) is 0.235. The first-order valence-electron chi connectivity index (χ1n) is 7.42. The average molecular weight is 406 g/mol. The molecule has 0 aliphatic rings. The van der Waals surface area contributed by atoms with Crippen LogP contribution in [0.25, 0.3) is 21.5 Å². The summed E-state index contributed by atoms with van der Waals surface area (Å²) in [5.74, 6) is -0.163. The predicted octanol–water partition coefficient (Wildman–Crippen LogP) is 4.50. The number of hydrogen-bond donors (Lipinski definition) is 1. The number of halogens is 1. The van der Waals surface area contributed by atoms with Gasteiger partial charge in [0.2, 0.25) is 5.95 Å². The third-order valence-corrected chi connectivity index (χ3v) is 5.51. The Hall–Kier alpha value is -1.99. The number of fused-ring (bicyclic) bond motifs is 1. The van der Waals surface area contributed by atoms with Crippen LogP contribution in [0, 0.1) is 13.8 Å². The third-order valence-electron chi connectivity index (χ3n) is 3.65. The zero-order valence-electron chi connectivity index (χ0n) is 13.5. The lowest BCUT2D eigenvalue weighted by molar-refractivity contribution is 0.0532. The van der Waals surface area contributed by atoms with E-state index in [1.165, 1.54) is 11.3 Å². The molecule has 0 unspecified atom stereocenters. The van der Waals surface area contributed by atoms with Gasteiger partial charge < -0.3 is 10.5 Å². The largest absolute Gasteiger partial charge is 0.462 e. The highest BCUT2D eigenvalue weighted by Crippen LogP contribution is 2.36. The van der Waals surface area contributed by atoms with Crippen molar-refractivity contribution in [3.05, 3.63) is 38.7 Å². The van der Waals surface area contributed by atoms with Gasteiger partial charge in [-0.1, -0.05) is 15.9 Å². The van der Waals surface area contributed by atoms with Crippen LogP contribution in [0.4, 0.5) is 5.95 Å². The average Bonchev–Trinajstić information content (AvgIpc) is 2.94. The van der Waals surface area contributed by atoms with Crippen LogP contribution < -0.4 is 5.73 Å². The minimum atomic E-state index is -0.353. The van der Waals surface area contributed by atoms with Crippen molar-refractivity contribution in [3.8, 4) is 11.3 Å². The number of nitrogens with zero attached hydrogens (tertiary/aromatic N) is 2. The van der Waals surface area contributed by atoms with Crippen molar-refractivity contribution < 1.29 is 9.53 Å². The lowest BCUT2D eigenvalue weighted by atomic mass is 10.0. The fourth-order valence-electron chi connectivity index (χ4n) is 2.48. The van der Waals surface area contributed by atoms with Gasteiger partial charge in [0, 0.05) is 15.4 Å². The van der Waals surface area contributed by atoms with Crippen molar-refractivity contribution in [2.24, 2.45) is 0 Å². The number of aromatic nitrogens is 2. The number of anilines is 1. The number of nitrogens with two attached hydrogens (primary N) is 1. The summed E-state index contributed by atoms with van der Waals surface area (Å²) in [7, 11) is 0. The molecule has 5 nitrogen and oxygen atoms in total. The smallest absolute Gasteiger partial charge is 0.348 e. The van der Waals surface area contributed by atoms with Gasteiger partial charge in [-0.15, -0.1) is 11.3 Å². The maximum absolute atomic E-state index is 12.0. The first-order chi connectivity index (χ1) is 11.4. The number of rotatable bonds is 3. The van der Waals surface area contributed by atoms with Gasteiger partial charge in [0.05, 0.1) is 12.3 Å². The molecule has 0 aliphatic heterocycles. The van der Waals surface area contributed by atoms with Gasteiger partial charge in [0.25, 0.3) is 0 Å². The van der Waals surface area contributed by atoms with E-state index in [0.29, 0.717) is 16.3 Å². The minimum Gasteiger partial charge on any atom is -0.462 e. The highest BCUT2D eigenvalue weighted by molar-refractivity contribution is 9.10. The van der Waals surface area contributed by atoms with E-state index >= 15 is 0 Å². The van der Waals surface area contributed by atoms with E-state index in [2.05, 4.69) is 32.0 Å². The number of carbonyl (C=O) groups is 1. The normalized spacial score (nSPS) is 11.0.